The molecule has 1 unspecified atom stereocenters. The van der Waals surface area contributed by atoms with Crippen molar-refractivity contribution in [2.24, 2.45) is 7.05 Å². The maximum absolute atomic E-state index is 12.8. The Bertz CT molecular complexity index is 1150. The van der Waals surface area contributed by atoms with Gasteiger partial charge in [0.1, 0.15) is 19.3 Å². The number of imidazole rings is 1. The van der Waals surface area contributed by atoms with Gasteiger partial charge < -0.3 is 19.3 Å². The van der Waals surface area contributed by atoms with E-state index in [0.717, 1.165) is 0 Å². The van der Waals surface area contributed by atoms with Crippen LogP contribution in [0.2, 0.25) is 0 Å². The third-order valence-electron chi connectivity index (χ3n) is 4.99. The third-order valence-corrected chi connectivity index (χ3v) is 4.99. The molecule has 11 nitrogen and oxygen atoms in total. The number of ether oxygens (including phenoxy) is 3. The van der Waals surface area contributed by atoms with Gasteiger partial charge >= 0.3 is 11.7 Å². The van der Waals surface area contributed by atoms with Gasteiger partial charge in [-0.2, -0.15) is 0 Å². The molecule has 2 heterocycles. The molecule has 0 radical (unpaired) electrons. The number of nitrogens with one attached hydrogen (secondary N) is 1. The summed E-state index contributed by atoms with van der Waals surface area (Å²) in [5, 5.41) is 10.7. The minimum absolute atomic E-state index is 0.187. The molecule has 33 heavy (non-hydrogen) atoms. The number of piperidine rings is 1. The van der Waals surface area contributed by atoms with E-state index in [-0.39, 0.29) is 50.9 Å². The summed E-state index contributed by atoms with van der Waals surface area (Å²) < 4.78 is 18.3. The quantitative estimate of drug-likeness (QED) is 0.283. The van der Waals surface area contributed by atoms with Gasteiger partial charge in [0.15, 0.2) is 0 Å². The van der Waals surface area contributed by atoms with E-state index in [9.17, 15) is 19.2 Å². The highest BCUT2D eigenvalue weighted by Gasteiger charge is 2.31. The van der Waals surface area contributed by atoms with Gasteiger partial charge in [-0.15, -0.1) is 0 Å². The van der Waals surface area contributed by atoms with E-state index in [4.69, 9.17) is 19.3 Å². The molecule has 176 valence electrons. The number of nitrogens with zero attached hydrogens (tertiary/aromatic N) is 2. The first kappa shape index (κ1) is 24.2. The molecule has 1 aromatic carbocycles. The summed E-state index contributed by atoms with van der Waals surface area (Å²) in [6.45, 7) is 0.974. The zero-order chi connectivity index (χ0) is 23.8. The number of carbonyl (C=O) groups is 3. The Kier molecular flexibility index (Phi) is 8.37. The highest BCUT2D eigenvalue weighted by Crippen LogP contribution is 2.23. The monoisotopic (exact) mass is 459 g/mol. The van der Waals surface area contributed by atoms with Crippen LogP contribution in [-0.4, -0.2) is 71.7 Å². The number of imide groups is 1. The van der Waals surface area contributed by atoms with Gasteiger partial charge in [0.05, 0.1) is 37.5 Å². The van der Waals surface area contributed by atoms with Crippen molar-refractivity contribution in [1.82, 2.24) is 14.5 Å². The SMILES string of the molecule is Cn1c(=O)n(C2CCC(=O)NC2=O)c2ccc(C#CCOCCOCCOCC(=O)O)cc21. The summed E-state index contributed by atoms with van der Waals surface area (Å²) in [5.41, 5.74) is 1.59. The number of aliphatic carboxylic acids is 1. The minimum Gasteiger partial charge on any atom is -0.480 e. The molecule has 1 atom stereocenters. The molecule has 2 N–H and O–H groups in total. The molecule has 0 bridgehead atoms. The van der Waals surface area contributed by atoms with Crippen LogP contribution in [0.25, 0.3) is 11.0 Å². The molecule has 1 aliphatic heterocycles. The molecule has 1 fully saturated rings. The highest BCUT2D eigenvalue weighted by molar-refractivity contribution is 6.00. The average molecular weight is 459 g/mol. The summed E-state index contributed by atoms with van der Waals surface area (Å²) >= 11 is 0. The number of carbonyl (C=O) groups excluding carboxylic acids is 2. The lowest BCUT2D eigenvalue weighted by Crippen LogP contribution is -2.44. The van der Waals surface area contributed by atoms with Gasteiger partial charge in [0, 0.05) is 19.0 Å². The van der Waals surface area contributed by atoms with Gasteiger partial charge in [-0.05, 0) is 24.6 Å². The van der Waals surface area contributed by atoms with Crippen LogP contribution in [0.1, 0.15) is 24.4 Å². The predicted molar refractivity (Wildman–Crippen MR) is 116 cm³/mol. The molecular formula is C22H25N3O8. The Morgan fingerprint density at radius 1 is 1.12 bits per heavy atom. The number of aromatic nitrogens is 2. The van der Waals surface area contributed by atoms with E-state index in [2.05, 4.69) is 17.2 Å². The second-order valence-electron chi connectivity index (χ2n) is 7.30. The number of hydrogen-bond donors (Lipinski definition) is 2. The lowest BCUT2D eigenvalue weighted by atomic mass is 10.1. The van der Waals surface area contributed by atoms with Crippen LogP contribution in [0.4, 0.5) is 0 Å². The van der Waals surface area contributed by atoms with Crippen molar-refractivity contribution in [2.75, 3.05) is 39.6 Å². The van der Waals surface area contributed by atoms with Crippen molar-refractivity contribution in [3.05, 3.63) is 34.2 Å². The van der Waals surface area contributed by atoms with Crippen LogP contribution in [0.5, 0.6) is 0 Å². The first-order chi connectivity index (χ1) is 15.9. The number of amides is 2. The van der Waals surface area contributed by atoms with E-state index < -0.39 is 17.9 Å². The van der Waals surface area contributed by atoms with Gasteiger partial charge in [-0.1, -0.05) is 11.8 Å². The summed E-state index contributed by atoms with van der Waals surface area (Å²) in [5.74, 6) is 4.04. The van der Waals surface area contributed by atoms with Crippen LogP contribution < -0.4 is 11.0 Å². The zero-order valence-corrected chi connectivity index (χ0v) is 18.2. The topological polar surface area (TPSA) is 138 Å². The van der Waals surface area contributed by atoms with E-state index in [1.54, 1.807) is 25.2 Å². The predicted octanol–water partition coefficient (Wildman–Crippen LogP) is -0.196. The first-order valence-corrected chi connectivity index (χ1v) is 10.4. The van der Waals surface area contributed by atoms with Crippen LogP contribution in [0.3, 0.4) is 0 Å². The highest BCUT2D eigenvalue weighted by atomic mass is 16.5. The van der Waals surface area contributed by atoms with E-state index in [1.165, 1.54) is 9.13 Å². The molecule has 1 aliphatic rings. The normalized spacial score (nSPS) is 15.8. The smallest absolute Gasteiger partial charge is 0.329 e. The fourth-order valence-corrected chi connectivity index (χ4v) is 3.43. The number of aryl methyl sites for hydroxylation is 1. The van der Waals surface area contributed by atoms with E-state index in [0.29, 0.717) is 29.8 Å². The van der Waals surface area contributed by atoms with E-state index in [1.807, 2.05) is 0 Å². The van der Waals surface area contributed by atoms with Crippen molar-refractivity contribution in [3.63, 3.8) is 0 Å². The fraction of sp³-hybridized carbons (Fsp3) is 0.455. The van der Waals surface area contributed by atoms with Crippen molar-refractivity contribution in [3.8, 4) is 11.8 Å². The first-order valence-electron chi connectivity index (χ1n) is 10.4. The van der Waals surface area contributed by atoms with Gasteiger partial charge in [-0.25, -0.2) is 9.59 Å². The van der Waals surface area contributed by atoms with Crippen molar-refractivity contribution in [1.29, 1.82) is 0 Å². The zero-order valence-electron chi connectivity index (χ0n) is 18.2. The Balaban J connectivity index is 1.53. The molecule has 2 aromatic rings. The molecule has 0 aliphatic carbocycles. The number of hydrogen-bond acceptors (Lipinski definition) is 7. The Labute approximate surface area is 189 Å². The second-order valence-corrected chi connectivity index (χ2v) is 7.30. The number of carboxylic acid groups (broad SMARTS) is 1. The minimum atomic E-state index is -1.02. The molecule has 1 saturated heterocycles. The fourth-order valence-electron chi connectivity index (χ4n) is 3.43. The molecule has 2 amide bonds. The molecule has 3 rings (SSSR count). The largest absolute Gasteiger partial charge is 0.480 e. The average Bonchev–Trinajstić information content (AvgIpc) is 3.02. The third kappa shape index (κ3) is 6.29. The Morgan fingerprint density at radius 3 is 2.58 bits per heavy atom. The maximum Gasteiger partial charge on any atom is 0.329 e. The Morgan fingerprint density at radius 2 is 1.85 bits per heavy atom. The Hall–Kier alpha value is -3.46. The van der Waals surface area contributed by atoms with Crippen LogP contribution in [-0.2, 0) is 35.6 Å². The van der Waals surface area contributed by atoms with Crippen molar-refractivity contribution in [2.45, 2.75) is 18.9 Å². The molecule has 1 aromatic heterocycles. The molecule has 0 saturated carbocycles. The maximum atomic E-state index is 12.8. The van der Waals surface area contributed by atoms with Gasteiger partial charge in [-0.3, -0.25) is 24.0 Å². The summed E-state index contributed by atoms with van der Waals surface area (Å²) in [4.78, 5) is 46.7. The molecule has 0 spiro atoms. The number of fused-ring (bicyclic) bond motifs is 1. The second kappa shape index (κ2) is 11.4. The van der Waals surface area contributed by atoms with Crippen LogP contribution in [0, 0.1) is 11.8 Å². The summed E-state index contributed by atoms with van der Waals surface area (Å²) in [7, 11) is 1.63. The molecular weight excluding hydrogens is 434 g/mol. The number of carboxylic acids is 1. The van der Waals surface area contributed by atoms with Gasteiger partial charge in [0.25, 0.3) is 0 Å². The number of benzene rings is 1. The van der Waals surface area contributed by atoms with Crippen LogP contribution in [0.15, 0.2) is 23.0 Å². The van der Waals surface area contributed by atoms with Crippen molar-refractivity contribution < 1.29 is 33.7 Å². The lowest BCUT2D eigenvalue weighted by Gasteiger charge is -2.21. The number of rotatable bonds is 10. The summed E-state index contributed by atoms with van der Waals surface area (Å²) in [6, 6.07) is 4.55. The summed E-state index contributed by atoms with van der Waals surface area (Å²) in [6.07, 6.45) is 0.466. The van der Waals surface area contributed by atoms with Crippen molar-refractivity contribution >= 4 is 28.8 Å². The standard InChI is InChI=1S/C22H25N3O8/c1-24-18-13-15(3-2-8-31-9-10-32-11-12-33-14-20(27)28)4-5-16(18)25(22(24)30)17-6-7-19(26)23-21(17)29/h4-5,13,17H,6-12,14H2,1H3,(H,27,28)(H,23,26,29). The molecule has 11 heteroatoms. The van der Waals surface area contributed by atoms with E-state index >= 15 is 0 Å². The van der Waals surface area contributed by atoms with Crippen LogP contribution >= 0.6 is 0 Å². The lowest BCUT2D eigenvalue weighted by molar-refractivity contribution is -0.143. The van der Waals surface area contributed by atoms with Gasteiger partial charge in [0.2, 0.25) is 11.8 Å².